The minimum Gasteiger partial charge on any atom is -0.402 e. The number of hydrogen-bond acceptors (Lipinski definition) is 7. The van der Waals surface area contributed by atoms with Gasteiger partial charge in [0, 0.05) is 5.56 Å². The first-order chi connectivity index (χ1) is 9.26. The fraction of sp³-hybridized carbons (Fsp3) is 0.167. The van der Waals surface area contributed by atoms with E-state index >= 15 is 0 Å². The summed E-state index contributed by atoms with van der Waals surface area (Å²) in [5.41, 5.74) is 1.36. The number of aromatic nitrogens is 2. The quantitative estimate of drug-likeness (QED) is 0.624. The summed E-state index contributed by atoms with van der Waals surface area (Å²) in [4.78, 5) is 4.23. The van der Waals surface area contributed by atoms with Crippen molar-refractivity contribution in [3.63, 3.8) is 0 Å². The number of nitrogens with zero attached hydrogens (tertiary/aromatic N) is 4. The molecule has 2 aromatic rings. The maximum atomic E-state index is 8.73. The molecule has 2 rings (SSSR count). The van der Waals surface area contributed by atoms with Gasteiger partial charge in [-0.15, -0.1) is 28.6 Å². The molecule has 96 valence electrons. The van der Waals surface area contributed by atoms with Crippen molar-refractivity contribution in [2.45, 2.75) is 0 Å². The van der Waals surface area contributed by atoms with Gasteiger partial charge in [-0.3, -0.25) is 0 Å². The van der Waals surface area contributed by atoms with E-state index in [0.717, 1.165) is 9.94 Å². The van der Waals surface area contributed by atoms with Crippen molar-refractivity contribution >= 4 is 33.9 Å². The fourth-order valence-electron chi connectivity index (χ4n) is 1.32. The molecule has 0 aliphatic carbocycles. The first-order valence-electron chi connectivity index (χ1n) is 5.27. The van der Waals surface area contributed by atoms with Gasteiger partial charge < -0.3 is 4.42 Å². The monoisotopic (exact) mass is 290 g/mol. The van der Waals surface area contributed by atoms with Crippen LogP contribution in [-0.2, 0) is 0 Å². The van der Waals surface area contributed by atoms with Crippen LogP contribution in [0.1, 0.15) is 5.56 Å². The minimum absolute atomic E-state index is 0.234. The van der Waals surface area contributed by atoms with Crippen molar-refractivity contribution in [2.75, 3.05) is 12.5 Å². The number of rotatable bonds is 2. The first kappa shape index (κ1) is 13.6. The molecule has 1 heterocycles. The summed E-state index contributed by atoms with van der Waals surface area (Å²) in [6, 6.07) is 9.24. The normalized spacial score (nSPS) is 9.95. The van der Waals surface area contributed by atoms with Gasteiger partial charge in [-0.2, -0.15) is 10.3 Å². The molecule has 19 heavy (non-hydrogen) atoms. The number of nitriles is 1. The van der Waals surface area contributed by atoms with E-state index in [-0.39, 0.29) is 6.01 Å². The van der Waals surface area contributed by atoms with Gasteiger partial charge in [0.15, 0.2) is 0 Å². The topological polar surface area (TPSA) is 75.1 Å². The van der Waals surface area contributed by atoms with Gasteiger partial charge in [0.25, 0.3) is 0 Å². The SMILES string of the molecule is CSC(=Nc1nnc(-c2ccc(C#N)cc2)o1)SC. The number of aliphatic imine (C=N–C) groups is 1. The summed E-state index contributed by atoms with van der Waals surface area (Å²) >= 11 is 3.05. The second-order valence-electron chi connectivity index (χ2n) is 3.36. The summed E-state index contributed by atoms with van der Waals surface area (Å²) in [7, 11) is 0. The summed E-state index contributed by atoms with van der Waals surface area (Å²) < 4.78 is 6.31. The summed E-state index contributed by atoms with van der Waals surface area (Å²) in [5, 5.41) is 16.5. The van der Waals surface area contributed by atoms with Crippen molar-refractivity contribution in [1.29, 1.82) is 5.26 Å². The molecule has 0 saturated heterocycles. The molecule has 0 atom stereocenters. The first-order valence-corrected chi connectivity index (χ1v) is 7.72. The van der Waals surface area contributed by atoms with Crippen molar-refractivity contribution < 1.29 is 4.42 Å². The average molecular weight is 290 g/mol. The Bertz CT molecular complexity index is 622. The third-order valence-corrected chi connectivity index (χ3v) is 4.09. The molecule has 1 aromatic carbocycles. The predicted molar refractivity (Wildman–Crippen MR) is 78.6 cm³/mol. The van der Waals surface area contributed by atoms with Crippen molar-refractivity contribution in [3.8, 4) is 17.5 Å². The molecular weight excluding hydrogens is 280 g/mol. The molecule has 0 N–H and O–H groups in total. The van der Waals surface area contributed by atoms with E-state index in [0.29, 0.717) is 11.5 Å². The van der Waals surface area contributed by atoms with Gasteiger partial charge in [0.05, 0.1) is 11.6 Å². The van der Waals surface area contributed by atoms with Gasteiger partial charge in [-0.1, -0.05) is 5.10 Å². The van der Waals surface area contributed by atoms with Crippen LogP contribution in [0.2, 0.25) is 0 Å². The third-order valence-electron chi connectivity index (χ3n) is 2.21. The van der Waals surface area contributed by atoms with Crippen molar-refractivity contribution in [3.05, 3.63) is 29.8 Å². The second kappa shape index (κ2) is 6.41. The van der Waals surface area contributed by atoms with Crippen LogP contribution in [0.25, 0.3) is 11.5 Å². The van der Waals surface area contributed by atoms with Crippen molar-refractivity contribution in [1.82, 2.24) is 10.2 Å². The highest BCUT2D eigenvalue weighted by molar-refractivity contribution is 8.38. The molecule has 0 amide bonds. The van der Waals surface area contributed by atoms with Crippen LogP contribution in [0.4, 0.5) is 6.01 Å². The lowest BCUT2D eigenvalue weighted by molar-refractivity contribution is 0.580. The molecular formula is C12H10N4OS2. The van der Waals surface area contributed by atoms with Gasteiger partial charge in [0.1, 0.15) is 4.38 Å². The maximum absolute atomic E-state index is 8.73. The zero-order chi connectivity index (χ0) is 13.7. The van der Waals surface area contributed by atoms with Gasteiger partial charge >= 0.3 is 6.01 Å². The number of benzene rings is 1. The van der Waals surface area contributed by atoms with Crippen LogP contribution in [0.5, 0.6) is 0 Å². The summed E-state index contributed by atoms with van der Waals surface area (Å²) in [6.07, 6.45) is 3.88. The highest BCUT2D eigenvalue weighted by Gasteiger charge is 2.08. The Kier molecular flexibility index (Phi) is 4.60. The van der Waals surface area contributed by atoms with Crippen LogP contribution in [0.3, 0.4) is 0 Å². The molecule has 5 nitrogen and oxygen atoms in total. The standard InChI is InChI=1S/C12H10N4OS2/c1-18-12(19-2)14-11-16-15-10(17-11)9-5-3-8(7-13)4-6-9/h3-6H,1-2H3. The van der Waals surface area contributed by atoms with E-state index < -0.39 is 0 Å². The molecule has 0 saturated carbocycles. The third kappa shape index (κ3) is 3.36. The van der Waals surface area contributed by atoms with Crippen LogP contribution in [-0.4, -0.2) is 27.1 Å². The smallest absolute Gasteiger partial charge is 0.344 e. The Hall–Kier alpha value is -1.78. The van der Waals surface area contributed by atoms with E-state index in [9.17, 15) is 0 Å². The van der Waals surface area contributed by atoms with E-state index in [1.807, 2.05) is 12.5 Å². The van der Waals surface area contributed by atoms with Crippen LogP contribution >= 0.6 is 23.5 Å². The van der Waals surface area contributed by atoms with Crippen LogP contribution < -0.4 is 0 Å². The zero-order valence-electron chi connectivity index (χ0n) is 10.3. The van der Waals surface area contributed by atoms with E-state index in [4.69, 9.17) is 9.68 Å². The predicted octanol–water partition coefficient (Wildman–Crippen LogP) is 3.32. The Labute approximate surface area is 119 Å². The molecule has 0 unspecified atom stereocenters. The van der Waals surface area contributed by atoms with Crippen LogP contribution in [0, 0.1) is 11.3 Å². The molecule has 0 aliphatic rings. The Balaban J connectivity index is 2.25. The van der Waals surface area contributed by atoms with Crippen molar-refractivity contribution in [2.24, 2.45) is 4.99 Å². The van der Waals surface area contributed by atoms with Gasteiger partial charge in [-0.05, 0) is 36.8 Å². The van der Waals surface area contributed by atoms with E-state index in [2.05, 4.69) is 21.3 Å². The van der Waals surface area contributed by atoms with Crippen LogP contribution in [0.15, 0.2) is 33.7 Å². The van der Waals surface area contributed by atoms with E-state index in [1.54, 1.807) is 24.3 Å². The second-order valence-corrected chi connectivity index (χ2v) is 5.21. The largest absolute Gasteiger partial charge is 0.402 e. The maximum Gasteiger partial charge on any atom is 0.344 e. The average Bonchev–Trinajstić information content (AvgIpc) is 2.93. The minimum atomic E-state index is 0.234. The molecule has 0 fully saturated rings. The lowest BCUT2D eigenvalue weighted by atomic mass is 10.1. The molecule has 1 aromatic heterocycles. The van der Waals surface area contributed by atoms with E-state index in [1.165, 1.54) is 23.5 Å². The lowest BCUT2D eigenvalue weighted by Crippen LogP contribution is -1.80. The summed E-state index contributed by atoms with van der Waals surface area (Å²) in [5.74, 6) is 0.393. The van der Waals surface area contributed by atoms with Gasteiger partial charge in [-0.25, -0.2) is 0 Å². The van der Waals surface area contributed by atoms with Gasteiger partial charge in [0.2, 0.25) is 5.89 Å². The summed E-state index contributed by atoms with van der Waals surface area (Å²) in [6.45, 7) is 0. The number of thioether (sulfide) groups is 2. The molecule has 0 bridgehead atoms. The Morgan fingerprint density at radius 3 is 2.47 bits per heavy atom. The molecule has 0 aliphatic heterocycles. The highest BCUT2D eigenvalue weighted by atomic mass is 32.2. The molecule has 0 spiro atoms. The zero-order valence-corrected chi connectivity index (χ0v) is 12.0. The Morgan fingerprint density at radius 1 is 1.21 bits per heavy atom. The Morgan fingerprint density at radius 2 is 1.89 bits per heavy atom. The highest BCUT2D eigenvalue weighted by Crippen LogP contribution is 2.23. The molecule has 7 heteroatoms. The number of hydrogen-bond donors (Lipinski definition) is 0. The lowest BCUT2D eigenvalue weighted by Gasteiger charge is -1.94. The fourth-order valence-corrected chi connectivity index (χ4v) is 2.32. The molecule has 0 radical (unpaired) electrons.